The van der Waals surface area contributed by atoms with Crippen molar-refractivity contribution < 1.29 is 4.39 Å². The maximum Gasteiger partial charge on any atom is 0.192 e. The Morgan fingerprint density at radius 2 is 2.12 bits per heavy atom. The third kappa shape index (κ3) is 5.48. The highest BCUT2D eigenvalue weighted by Gasteiger charge is 2.18. The van der Waals surface area contributed by atoms with Crippen molar-refractivity contribution in [2.45, 2.75) is 43.0 Å². The molecule has 4 nitrogen and oxygen atoms in total. The summed E-state index contributed by atoms with van der Waals surface area (Å²) in [6.07, 6.45) is 7.35. The number of rotatable bonds is 7. The first kappa shape index (κ1) is 18.8. The van der Waals surface area contributed by atoms with E-state index >= 15 is 0 Å². The Labute approximate surface area is 160 Å². The lowest BCUT2D eigenvalue weighted by molar-refractivity contribution is 0.316. The molecular formula is C17H22ClFN4S2. The van der Waals surface area contributed by atoms with Crippen molar-refractivity contribution in [1.82, 2.24) is 4.98 Å². The van der Waals surface area contributed by atoms with E-state index in [2.05, 4.69) is 15.0 Å². The Morgan fingerprint density at radius 3 is 2.84 bits per heavy atom. The van der Waals surface area contributed by atoms with Crippen molar-refractivity contribution in [2.24, 2.45) is 11.7 Å². The number of nitrogens with two attached hydrogens (primary N) is 1. The third-order valence-electron chi connectivity index (χ3n) is 4.46. The first-order valence-corrected chi connectivity index (χ1v) is 10.5. The molecule has 0 aliphatic heterocycles. The molecule has 1 heterocycles. The quantitative estimate of drug-likeness (QED) is 0.545. The molecule has 1 aromatic heterocycles. The first-order valence-electron chi connectivity index (χ1n) is 8.42. The minimum atomic E-state index is -0.301. The van der Waals surface area contributed by atoms with E-state index in [0.29, 0.717) is 27.6 Å². The number of thiazole rings is 1. The second kappa shape index (κ2) is 9.07. The number of benzene rings is 1. The molecule has 0 unspecified atom stereocenters. The average molecular weight is 401 g/mol. The van der Waals surface area contributed by atoms with Crippen molar-refractivity contribution in [3.05, 3.63) is 34.5 Å². The smallest absolute Gasteiger partial charge is 0.192 e. The van der Waals surface area contributed by atoms with E-state index in [1.54, 1.807) is 12.3 Å². The molecule has 0 radical (unpaired) electrons. The van der Waals surface area contributed by atoms with E-state index in [-0.39, 0.29) is 5.82 Å². The van der Waals surface area contributed by atoms with Crippen LogP contribution in [0.4, 0.5) is 15.2 Å². The van der Waals surface area contributed by atoms with E-state index in [1.165, 1.54) is 42.2 Å². The summed E-state index contributed by atoms with van der Waals surface area (Å²) >= 11 is 8.94. The number of hydrogen-bond acceptors (Lipinski definition) is 6. The second-order valence-electron chi connectivity index (χ2n) is 6.30. The SMILES string of the molecule is NC1CCC(CCNc2cc(F)c(SNc3nccs3)cc2Cl)CC1. The highest BCUT2D eigenvalue weighted by molar-refractivity contribution is 8.00. The molecule has 8 heteroatoms. The van der Waals surface area contributed by atoms with Gasteiger partial charge in [-0.2, -0.15) is 0 Å². The lowest BCUT2D eigenvalue weighted by Crippen LogP contribution is -2.27. The second-order valence-corrected chi connectivity index (χ2v) is 8.45. The number of anilines is 2. The largest absolute Gasteiger partial charge is 0.384 e. The fourth-order valence-corrected chi connectivity index (χ4v) is 4.57. The zero-order chi connectivity index (χ0) is 17.6. The lowest BCUT2D eigenvalue weighted by Gasteiger charge is -2.26. The van der Waals surface area contributed by atoms with Gasteiger partial charge in [0.1, 0.15) is 5.82 Å². The molecule has 3 rings (SSSR count). The van der Waals surface area contributed by atoms with Gasteiger partial charge < -0.3 is 15.8 Å². The number of halogens is 2. The van der Waals surface area contributed by atoms with Gasteiger partial charge in [-0.15, -0.1) is 11.3 Å². The van der Waals surface area contributed by atoms with Crippen LogP contribution in [0.5, 0.6) is 0 Å². The predicted octanol–water partition coefficient (Wildman–Crippen LogP) is 5.37. The molecule has 1 saturated carbocycles. The monoisotopic (exact) mass is 400 g/mol. The van der Waals surface area contributed by atoms with Gasteiger partial charge in [0, 0.05) is 24.2 Å². The highest BCUT2D eigenvalue weighted by atomic mass is 35.5. The fraction of sp³-hybridized carbons (Fsp3) is 0.471. The van der Waals surface area contributed by atoms with Crippen LogP contribution in [0.15, 0.2) is 28.6 Å². The highest BCUT2D eigenvalue weighted by Crippen LogP contribution is 2.32. The summed E-state index contributed by atoms with van der Waals surface area (Å²) in [6, 6.07) is 3.48. The van der Waals surface area contributed by atoms with Crippen molar-refractivity contribution in [1.29, 1.82) is 0 Å². The van der Waals surface area contributed by atoms with Crippen LogP contribution in [0.25, 0.3) is 0 Å². The molecule has 4 N–H and O–H groups in total. The normalized spacial score (nSPS) is 20.4. The Morgan fingerprint density at radius 1 is 1.32 bits per heavy atom. The molecule has 0 saturated heterocycles. The molecule has 1 aliphatic rings. The molecule has 0 atom stereocenters. The molecule has 1 aromatic carbocycles. The zero-order valence-electron chi connectivity index (χ0n) is 13.8. The molecule has 0 bridgehead atoms. The number of aromatic nitrogens is 1. The summed E-state index contributed by atoms with van der Waals surface area (Å²) in [5, 5.41) is 6.38. The lowest BCUT2D eigenvalue weighted by atomic mass is 9.84. The van der Waals surface area contributed by atoms with Crippen LogP contribution in [0.2, 0.25) is 5.02 Å². The Hall–Kier alpha value is -1.02. The van der Waals surface area contributed by atoms with Crippen molar-refractivity contribution in [3.63, 3.8) is 0 Å². The van der Waals surface area contributed by atoms with Gasteiger partial charge in [-0.05, 0) is 62.1 Å². The molecule has 25 heavy (non-hydrogen) atoms. The molecule has 2 aromatic rings. The molecule has 0 spiro atoms. The van der Waals surface area contributed by atoms with Gasteiger partial charge in [-0.3, -0.25) is 0 Å². The minimum absolute atomic E-state index is 0.301. The number of hydrogen-bond donors (Lipinski definition) is 3. The molecule has 0 amide bonds. The summed E-state index contributed by atoms with van der Waals surface area (Å²) in [4.78, 5) is 4.55. The van der Waals surface area contributed by atoms with E-state index in [4.69, 9.17) is 17.3 Å². The topological polar surface area (TPSA) is 63.0 Å². The summed E-state index contributed by atoms with van der Waals surface area (Å²) in [6.45, 7) is 0.795. The van der Waals surface area contributed by atoms with E-state index < -0.39 is 0 Å². The molecule has 1 fully saturated rings. The van der Waals surface area contributed by atoms with Crippen LogP contribution >= 0.6 is 34.9 Å². The summed E-state index contributed by atoms with van der Waals surface area (Å²) in [5.41, 5.74) is 6.58. The average Bonchev–Trinajstić information content (AvgIpc) is 3.11. The predicted molar refractivity (Wildman–Crippen MR) is 106 cm³/mol. The Balaban J connectivity index is 1.51. The third-order valence-corrected chi connectivity index (χ3v) is 6.42. The van der Waals surface area contributed by atoms with Crippen molar-refractivity contribution in [3.8, 4) is 0 Å². The van der Waals surface area contributed by atoms with Crippen LogP contribution in [0, 0.1) is 11.7 Å². The van der Waals surface area contributed by atoms with Gasteiger partial charge in [0.25, 0.3) is 0 Å². The van der Waals surface area contributed by atoms with Crippen LogP contribution in [-0.4, -0.2) is 17.6 Å². The number of nitrogens with zero attached hydrogens (tertiary/aromatic N) is 1. The summed E-state index contributed by atoms with van der Waals surface area (Å²) < 4.78 is 17.3. The molecule has 136 valence electrons. The van der Waals surface area contributed by atoms with Crippen LogP contribution < -0.4 is 15.8 Å². The van der Waals surface area contributed by atoms with Crippen molar-refractivity contribution >= 4 is 45.7 Å². The van der Waals surface area contributed by atoms with Gasteiger partial charge in [-0.1, -0.05) is 11.6 Å². The minimum Gasteiger partial charge on any atom is -0.384 e. The Kier molecular flexibility index (Phi) is 6.81. The molecule has 1 aliphatic carbocycles. The van der Waals surface area contributed by atoms with Gasteiger partial charge >= 0.3 is 0 Å². The van der Waals surface area contributed by atoms with Crippen LogP contribution in [0.1, 0.15) is 32.1 Å². The van der Waals surface area contributed by atoms with E-state index in [1.807, 2.05) is 5.38 Å². The van der Waals surface area contributed by atoms with Crippen LogP contribution in [0.3, 0.4) is 0 Å². The van der Waals surface area contributed by atoms with E-state index in [9.17, 15) is 4.39 Å². The van der Waals surface area contributed by atoms with Gasteiger partial charge in [0.05, 0.1) is 15.6 Å². The summed E-state index contributed by atoms with van der Waals surface area (Å²) in [5.74, 6) is 0.401. The first-order chi connectivity index (χ1) is 12.1. The van der Waals surface area contributed by atoms with E-state index in [0.717, 1.165) is 30.9 Å². The van der Waals surface area contributed by atoms with Crippen molar-refractivity contribution in [2.75, 3.05) is 16.6 Å². The van der Waals surface area contributed by atoms with Crippen LogP contribution in [-0.2, 0) is 0 Å². The van der Waals surface area contributed by atoms with Gasteiger partial charge in [-0.25, -0.2) is 9.37 Å². The maximum atomic E-state index is 14.3. The molecular weight excluding hydrogens is 379 g/mol. The number of nitrogens with one attached hydrogen (secondary N) is 2. The van der Waals surface area contributed by atoms with Gasteiger partial charge in [0.2, 0.25) is 0 Å². The fourth-order valence-electron chi connectivity index (χ4n) is 3.00. The summed E-state index contributed by atoms with van der Waals surface area (Å²) in [7, 11) is 0. The Bertz CT molecular complexity index is 676. The zero-order valence-corrected chi connectivity index (χ0v) is 16.2. The van der Waals surface area contributed by atoms with Gasteiger partial charge in [0.15, 0.2) is 5.13 Å². The maximum absolute atomic E-state index is 14.3. The standard InChI is InChI=1S/C17H22ClFN4S2/c18-13-9-16(25-23-17-22-7-8-24-17)14(19)10-15(13)21-6-5-11-1-3-12(20)4-2-11/h7-12,21H,1-6,20H2,(H,22,23).